The van der Waals surface area contributed by atoms with Crippen LogP contribution in [-0.4, -0.2) is 17.6 Å². The number of aromatic nitrogens is 1. The van der Waals surface area contributed by atoms with E-state index in [1.165, 1.54) is 0 Å². The van der Waals surface area contributed by atoms with Gasteiger partial charge < -0.3 is 4.74 Å². The van der Waals surface area contributed by atoms with Gasteiger partial charge in [-0.2, -0.15) is 0 Å². The molecule has 0 saturated heterocycles. The van der Waals surface area contributed by atoms with Crippen molar-refractivity contribution < 1.29 is 18.3 Å². The lowest BCUT2D eigenvalue weighted by Gasteiger charge is -2.06. The SMILES string of the molecule is CCOC(=O)Cc1cc(C(F)F)ncc1Cl. The molecule has 0 atom stereocenters. The quantitative estimate of drug-likeness (QED) is 0.771. The Balaban J connectivity index is 2.86. The highest BCUT2D eigenvalue weighted by Crippen LogP contribution is 2.22. The van der Waals surface area contributed by atoms with E-state index in [4.69, 9.17) is 16.3 Å². The number of hydrogen-bond acceptors (Lipinski definition) is 3. The largest absolute Gasteiger partial charge is 0.466 e. The van der Waals surface area contributed by atoms with Gasteiger partial charge in [-0.1, -0.05) is 11.6 Å². The average molecular weight is 250 g/mol. The molecule has 0 aliphatic rings. The Morgan fingerprint density at radius 3 is 2.88 bits per heavy atom. The summed E-state index contributed by atoms with van der Waals surface area (Å²) in [6.07, 6.45) is -1.70. The molecule has 1 heterocycles. The molecule has 0 amide bonds. The van der Waals surface area contributed by atoms with Crippen LogP contribution < -0.4 is 0 Å². The number of esters is 1. The zero-order valence-electron chi connectivity index (χ0n) is 8.54. The minimum Gasteiger partial charge on any atom is -0.466 e. The molecule has 6 heteroatoms. The van der Waals surface area contributed by atoms with Crippen LogP contribution in [0.1, 0.15) is 24.6 Å². The van der Waals surface area contributed by atoms with Crippen molar-refractivity contribution in [2.75, 3.05) is 6.61 Å². The molecule has 1 aromatic heterocycles. The van der Waals surface area contributed by atoms with E-state index >= 15 is 0 Å². The normalized spacial score (nSPS) is 10.6. The molecule has 0 bridgehead atoms. The molecule has 0 saturated carbocycles. The van der Waals surface area contributed by atoms with Crippen LogP contribution in [0.3, 0.4) is 0 Å². The minimum absolute atomic E-state index is 0.130. The second kappa shape index (κ2) is 5.75. The van der Waals surface area contributed by atoms with Crippen LogP contribution in [0.25, 0.3) is 0 Å². The van der Waals surface area contributed by atoms with Crippen molar-refractivity contribution in [1.29, 1.82) is 0 Å². The number of nitrogens with zero attached hydrogens (tertiary/aromatic N) is 1. The van der Waals surface area contributed by atoms with Crippen LogP contribution >= 0.6 is 11.6 Å². The third-order valence-corrected chi connectivity index (χ3v) is 2.16. The van der Waals surface area contributed by atoms with Crippen molar-refractivity contribution in [3.63, 3.8) is 0 Å². The van der Waals surface area contributed by atoms with E-state index in [0.29, 0.717) is 5.56 Å². The Bertz CT molecular complexity index is 385. The van der Waals surface area contributed by atoms with Gasteiger partial charge in [0.25, 0.3) is 6.43 Å². The van der Waals surface area contributed by atoms with E-state index < -0.39 is 18.1 Å². The van der Waals surface area contributed by atoms with Gasteiger partial charge in [-0.05, 0) is 18.6 Å². The average Bonchev–Trinajstić information content (AvgIpc) is 2.21. The fourth-order valence-electron chi connectivity index (χ4n) is 1.12. The predicted octanol–water partition coefficient (Wildman–Crippen LogP) is 2.78. The summed E-state index contributed by atoms with van der Waals surface area (Å²) in [6.45, 7) is 1.90. The van der Waals surface area contributed by atoms with Gasteiger partial charge in [-0.3, -0.25) is 9.78 Å². The first-order valence-corrected chi connectivity index (χ1v) is 5.00. The number of hydrogen-bond donors (Lipinski definition) is 0. The van der Waals surface area contributed by atoms with Crippen LogP contribution in [-0.2, 0) is 16.0 Å². The Morgan fingerprint density at radius 1 is 1.62 bits per heavy atom. The summed E-state index contributed by atoms with van der Waals surface area (Å²) in [4.78, 5) is 14.6. The molecule has 1 rings (SSSR count). The summed E-state index contributed by atoms with van der Waals surface area (Å²) in [5, 5.41) is 0.178. The number of carbonyl (C=O) groups excluding carboxylic acids is 1. The molecule has 0 unspecified atom stereocenters. The lowest BCUT2D eigenvalue weighted by Crippen LogP contribution is -2.08. The Kier molecular flexibility index (Phi) is 4.61. The first kappa shape index (κ1) is 12.8. The molecular formula is C10H10ClF2NO2. The summed E-state index contributed by atoms with van der Waals surface area (Å²) in [7, 11) is 0. The van der Waals surface area contributed by atoms with Crippen molar-refractivity contribution in [1.82, 2.24) is 4.98 Å². The molecule has 0 aromatic carbocycles. The zero-order chi connectivity index (χ0) is 12.1. The highest BCUT2D eigenvalue weighted by atomic mass is 35.5. The van der Waals surface area contributed by atoms with Crippen LogP contribution in [0.4, 0.5) is 8.78 Å². The van der Waals surface area contributed by atoms with Gasteiger partial charge in [0.2, 0.25) is 0 Å². The monoisotopic (exact) mass is 249 g/mol. The van der Waals surface area contributed by atoms with Gasteiger partial charge in [0, 0.05) is 6.20 Å². The molecule has 0 N–H and O–H groups in total. The van der Waals surface area contributed by atoms with Crippen molar-refractivity contribution in [2.45, 2.75) is 19.8 Å². The van der Waals surface area contributed by atoms with Gasteiger partial charge in [0.05, 0.1) is 18.1 Å². The second-order valence-electron chi connectivity index (χ2n) is 2.98. The maximum absolute atomic E-state index is 12.3. The fraction of sp³-hybridized carbons (Fsp3) is 0.400. The van der Waals surface area contributed by atoms with E-state index in [-0.39, 0.29) is 18.1 Å². The van der Waals surface area contributed by atoms with Crippen molar-refractivity contribution in [3.8, 4) is 0 Å². The topological polar surface area (TPSA) is 39.2 Å². The third-order valence-electron chi connectivity index (χ3n) is 1.82. The number of alkyl halides is 2. The first-order chi connectivity index (χ1) is 7.54. The zero-order valence-corrected chi connectivity index (χ0v) is 9.30. The van der Waals surface area contributed by atoms with E-state index in [1.807, 2.05) is 0 Å². The molecule has 0 radical (unpaired) electrons. The smallest absolute Gasteiger partial charge is 0.310 e. The second-order valence-corrected chi connectivity index (χ2v) is 3.39. The molecule has 0 aliphatic carbocycles. The molecule has 16 heavy (non-hydrogen) atoms. The van der Waals surface area contributed by atoms with Crippen molar-refractivity contribution >= 4 is 17.6 Å². The van der Waals surface area contributed by atoms with Crippen LogP contribution in [0.2, 0.25) is 5.02 Å². The van der Waals surface area contributed by atoms with Gasteiger partial charge in [0.15, 0.2) is 0 Å². The van der Waals surface area contributed by atoms with E-state index in [9.17, 15) is 13.6 Å². The van der Waals surface area contributed by atoms with Crippen molar-refractivity contribution in [2.24, 2.45) is 0 Å². The molecule has 0 aliphatic heterocycles. The van der Waals surface area contributed by atoms with Crippen molar-refractivity contribution in [3.05, 3.63) is 28.5 Å². The lowest BCUT2D eigenvalue weighted by molar-refractivity contribution is -0.142. The summed E-state index contributed by atoms with van der Waals surface area (Å²) >= 11 is 5.73. The summed E-state index contributed by atoms with van der Waals surface area (Å²) in [6, 6.07) is 1.12. The van der Waals surface area contributed by atoms with Gasteiger partial charge in [-0.25, -0.2) is 8.78 Å². The Labute approximate surface area is 96.4 Å². The standard InChI is InChI=1S/C10H10ClF2NO2/c1-2-16-9(15)4-6-3-8(10(12)13)14-5-7(6)11/h3,5,10H,2,4H2,1H3. The molecule has 88 valence electrons. The van der Waals surface area contributed by atoms with Gasteiger partial charge in [0.1, 0.15) is 5.69 Å². The Hall–Kier alpha value is -1.23. The third kappa shape index (κ3) is 3.41. The van der Waals surface area contributed by atoms with Crippen LogP contribution in [0.5, 0.6) is 0 Å². The summed E-state index contributed by atoms with van der Waals surface area (Å²) < 4.78 is 29.4. The lowest BCUT2D eigenvalue weighted by atomic mass is 10.1. The number of ether oxygens (including phenoxy) is 1. The molecule has 0 fully saturated rings. The van der Waals surface area contributed by atoms with E-state index in [0.717, 1.165) is 12.3 Å². The first-order valence-electron chi connectivity index (χ1n) is 4.62. The number of rotatable bonds is 4. The fourth-order valence-corrected chi connectivity index (χ4v) is 1.29. The van der Waals surface area contributed by atoms with E-state index in [2.05, 4.69) is 4.98 Å². The highest BCUT2D eigenvalue weighted by Gasteiger charge is 2.14. The van der Waals surface area contributed by atoms with Gasteiger partial charge >= 0.3 is 5.97 Å². The molecule has 3 nitrogen and oxygen atoms in total. The van der Waals surface area contributed by atoms with Crippen LogP contribution in [0.15, 0.2) is 12.3 Å². The minimum atomic E-state index is -2.68. The maximum Gasteiger partial charge on any atom is 0.310 e. The summed E-state index contributed by atoms with van der Waals surface area (Å²) in [5.74, 6) is -0.504. The summed E-state index contributed by atoms with van der Waals surface area (Å²) in [5.41, 5.74) is -0.103. The van der Waals surface area contributed by atoms with Gasteiger partial charge in [-0.15, -0.1) is 0 Å². The number of halogens is 3. The number of pyridine rings is 1. The highest BCUT2D eigenvalue weighted by molar-refractivity contribution is 6.31. The Morgan fingerprint density at radius 2 is 2.31 bits per heavy atom. The molecule has 1 aromatic rings. The number of carbonyl (C=O) groups is 1. The predicted molar refractivity (Wildman–Crippen MR) is 54.5 cm³/mol. The van der Waals surface area contributed by atoms with E-state index in [1.54, 1.807) is 6.92 Å². The molecule has 0 spiro atoms. The molecular weight excluding hydrogens is 240 g/mol. The van der Waals surface area contributed by atoms with Crippen LogP contribution in [0, 0.1) is 0 Å². The maximum atomic E-state index is 12.3.